The van der Waals surface area contributed by atoms with Crippen LogP contribution in [0.25, 0.3) is 28.1 Å². The van der Waals surface area contributed by atoms with E-state index in [9.17, 15) is 5.11 Å². The number of nitrogens with zero attached hydrogens (tertiary/aromatic N) is 5. The van der Waals surface area contributed by atoms with Gasteiger partial charge in [-0.1, -0.05) is 12.1 Å². The van der Waals surface area contributed by atoms with E-state index in [0.29, 0.717) is 25.6 Å². The molecule has 5 rings (SSSR count). The number of aromatic nitrogens is 5. The Balaban J connectivity index is 1.56. The highest BCUT2D eigenvalue weighted by atomic mass is 16.5. The Bertz CT molecular complexity index is 1120. The Morgan fingerprint density at radius 1 is 1.22 bits per heavy atom. The number of aliphatic hydroxyl groups excluding tert-OH is 1. The maximum Gasteiger partial charge on any atom is 0.241 e. The van der Waals surface area contributed by atoms with Gasteiger partial charge in [-0.15, -0.1) is 5.10 Å². The summed E-state index contributed by atoms with van der Waals surface area (Å²) < 4.78 is 9.18. The molecule has 1 saturated heterocycles. The highest BCUT2D eigenvalue weighted by Crippen LogP contribution is 2.25. The number of fused-ring (bicyclic) bond motifs is 2. The molecule has 0 aliphatic carbocycles. The van der Waals surface area contributed by atoms with Crippen LogP contribution in [0.1, 0.15) is 6.42 Å². The van der Waals surface area contributed by atoms with Gasteiger partial charge in [0, 0.05) is 13.7 Å². The van der Waals surface area contributed by atoms with Gasteiger partial charge in [0.1, 0.15) is 5.69 Å². The number of aliphatic hydroxyl groups is 1. The number of imidazole rings is 1. The van der Waals surface area contributed by atoms with Crippen molar-refractivity contribution in [3.63, 3.8) is 0 Å². The highest BCUT2D eigenvalue weighted by Gasteiger charge is 2.24. The summed E-state index contributed by atoms with van der Waals surface area (Å²) in [5.74, 6) is 1.32. The Morgan fingerprint density at radius 3 is 2.96 bits per heavy atom. The summed E-state index contributed by atoms with van der Waals surface area (Å²) >= 11 is 0. The van der Waals surface area contributed by atoms with Crippen LogP contribution in [0.5, 0.6) is 0 Å². The molecule has 0 saturated carbocycles. The van der Waals surface area contributed by atoms with E-state index in [0.717, 1.165) is 28.1 Å². The van der Waals surface area contributed by atoms with Crippen LogP contribution in [0.3, 0.4) is 0 Å². The lowest BCUT2D eigenvalue weighted by molar-refractivity contribution is -0.0136. The summed E-state index contributed by atoms with van der Waals surface area (Å²) in [7, 11) is 2.00. The Kier molecular flexibility index (Phi) is 3.80. The minimum absolute atomic E-state index is 0.119. The van der Waals surface area contributed by atoms with Crippen molar-refractivity contribution in [2.75, 3.05) is 18.5 Å². The molecule has 0 bridgehead atoms. The fourth-order valence-electron chi connectivity index (χ4n) is 3.57. The van der Waals surface area contributed by atoms with Gasteiger partial charge in [0.25, 0.3) is 0 Å². The molecule has 2 N–H and O–H groups in total. The smallest absolute Gasteiger partial charge is 0.241 e. The van der Waals surface area contributed by atoms with Gasteiger partial charge < -0.3 is 19.7 Å². The number of hydrogen-bond donors (Lipinski definition) is 2. The lowest BCUT2D eigenvalue weighted by atomic mass is 10.1. The predicted molar refractivity (Wildman–Crippen MR) is 102 cm³/mol. The quantitative estimate of drug-likeness (QED) is 0.577. The van der Waals surface area contributed by atoms with Crippen molar-refractivity contribution in [3.8, 4) is 11.5 Å². The van der Waals surface area contributed by atoms with Crippen LogP contribution in [-0.2, 0) is 11.8 Å². The van der Waals surface area contributed by atoms with Gasteiger partial charge >= 0.3 is 0 Å². The molecular formula is C19H20N6O2. The molecule has 2 atom stereocenters. The minimum atomic E-state index is -0.568. The standard InChI is InChI=1S/C19H20N6O2/c1-24-15-5-3-2-4-13(15)21-18(24)16-7-6-12-10-20-19(23-25(12)16)22-14-8-9-27-11-17(14)26/h2-7,10,14,17,26H,8-9,11H2,1H3,(H,22,23)/t14-,17-/m1/s1. The third-order valence-corrected chi connectivity index (χ3v) is 5.06. The Morgan fingerprint density at radius 2 is 2.11 bits per heavy atom. The molecule has 1 aliphatic rings. The lowest BCUT2D eigenvalue weighted by Gasteiger charge is -2.28. The summed E-state index contributed by atoms with van der Waals surface area (Å²) in [4.78, 5) is 9.15. The van der Waals surface area contributed by atoms with Crippen molar-refractivity contribution < 1.29 is 9.84 Å². The van der Waals surface area contributed by atoms with Crippen molar-refractivity contribution in [2.45, 2.75) is 18.6 Å². The molecule has 4 aromatic rings. The molecule has 0 radical (unpaired) electrons. The van der Waals surface area contributed by atoms with Crippen LogP contribution in [0.4, 0.5) is 5.95 Å². The van der Waals surface area contributed by atoms with E-state index >= 15 is 0 Å². The number of rotatable bonds is 3. The Labute approximate surface area is 155 Å². The lowest BCUT2D eigenvalue weighted by Crippen LogP contribution is -2.42. The maximum absolute atomic E-state index is 10.1. The highest BCUT2D eigenvalue weighted by molar-refractivity contribution is 5.80. The normalized spacial score (nSPS) is 20.4. The van der Waals surface area contributed by atoms with Crippen LogP contribution in [-0.4, -0.2) is 54.6 Å². The van der Waals surface area contributed by atoms with Crippen molar-refractivity contribution >= 4 is 22.5 Å². The summed E-state index contributed by atoms with van der Waals surface area (Å²) in [5.41, 5.74) is 3.79. The molecule has 8 heteroatoms. The Hall–Kier alpha value is -2.97. The minimum Gasteiger partial charge on any atom is -0.389 e. The van der Waals surface area contributed by atoms with Gasteiger partial charge in [0.15, 0.2) is 5.82 Å². The monoisotopic (exact) mass is 364 g/mol. The van der Waals surface area contributed by atoms with Gasteiger partial charge in [0.2, 0.25) is 5.95 Å². The number of anilines is 1. The molecule has 1 fully saturated rings. The van der Waals surface area contributed by atoms with E-state index in [-0.39, 0.29) is 6.04 Å². The number of ether oxygens (including phenoxy) is 1. The molecule has 138 valence electrons. The van der Waals surface area contributed by atoms with Gasteiger partial charge in [-0.3, -0.25) is 0 Å². The van der Waals surface area contributed by atoms with Crippen LogP contribution < -0.4 is 5.32 Å². The maximum atomic E-state index is 10.1. The van der Waals surface area contributed by atoms with E-state index in [1.165, 1.54) is 0 Å². The average Bonchev–Trinajstić information content (AvgIpc) is 3.25. The van der Waals surface area contributed by atoms with Gasteiger partial charge in [0.05, 0.1) is 41.5 Å². The SMILES string of the molecule is Cn1c(-c2ccc3cnc(N[C@@H]4CCOC[C@H]4O)nn23)nc2ccccc21. The van der Waals surface area contributed by atoms with E-state index in [1.807, 2.05) is 41.9 Å². The molecule has 3 aromatic heterocycles. The largest absolute Gasteiger partial charge is 0.389 e. The first-order valence-electron chi connectivity index (χ1n) is 9.00. The van der Waals surface area contributed by atoms with Gasteiger partial charge in [-0.2, -0.15) is 0 Å². The van der Waals surface area contributed by atoms with Crippen molar-refractivity contribution in [2.24, 2.45) is 7.05 Å². The third-order valence-electron chi connectivity index (χ3n) is 5.06. The summed E-state index contributed by atoms with van der Waals surface area (Å²) in [6.07, 6.45) is 1.92. The zero-order valence-corrected chi connectivity index (χ0v) is 14.9. The summed E-state index contributed by atoms with van der Waals surface area (Å²) in [6, 6.07) is 11.9. The van der Waals surface area contributed by atoms with Crippen LogP contribution in [0.15, 0.2) is 42.6 Å². The number of benzene rings is 1. The van der Waals surface area contributed by atoms with Crippen LogP contribution in [0, 0.1) is 0 Å². The van der Waals surface area contributed by atoms with Crippen LogP contribution >= 0.6 is 0 Å². The molecular weight excluding hydrogens is 344 g/mol. The first-order chi connectivity index (χ1) is 13.2. The topological polar surface area (TPSA) is 89.5 Å². The first kappa shape index (κ1) is 16.2. The van der Waals surface area contributed by atoms with E-state index in [2.05, 4.69) is 26.0 Å². The number of aryl methyl sites for hydroxylation is 1. The zero-order chi connectivity index (χ0) is 18.4. The van der Waals surface area contributed by atoms with E-state index < -0.39 is 6.10 Å². The average molecular weight is 364 g/mol. The fourth-order valence-corrected chi connectivity index (χ4v) is 3.57. The molecule has 1 aromatic carbocycles. The molecule has 0 unspecified atom stereocenters. The molecule has 1 aliphatic heterocycles. The molecule has 27 heavy (non-hydrogen) atoms. The fraction of sp³-hybridized carbons (Fsp3) is 0.316. The number of nitrogens with one attached hydrogen (secondary N) is 1. The van der Waals surface area contributed by atoms with Crippen molar-refractivity contribution in [1.82, 2.24) is 24.1 Å². The number of hydrogen-bond acceptors (Lipinski definition) is 6. The molecule has 4 heterocycles. The summed E-state index contributed by atoms with van der Waals surface area (Å²) in [5, 5.41) is 18.0. The molecule has 8 nitrogen and oxygen atoms in total. The zero-order valence-electron chi connectivity index (χ0n) is 14.9. The summed E-state index contributed by atoms with van der Waals surface area (Å²) in [6.45, 7) is 0.945. The van der Waals surface area contributed by atoms with E-state index in [4.69, 9.17) is 9.72 Å². The first-order valence-corrected chi connectivity index (χ1v) is 9.00. The second-order valence-corrected chi connectivity index (χ2v) is 6.80. The van der Waals surface area contributed by atoms with Crippen molar-refractivity contribution in [3.05, 3.63) is 42.6 Å². The van der Waals surface area contributed by atoms with E-state index in [1.54, 1.807) is 6.20 Å². The van der Waals surface area contributed by atoms with Crippen LogP contribution in [0.2, 0.25) is 0 Å². The number of para-hydroxylation sites is 2. The van der Waals surface area contributed by atoms with Crippen molar-refractivity contribution in [1.29, 1.82) is 0 Å². The third kappa shape index (κ3) is 2.73. The molecule has 0 spiro atoms. The van der Waals surface area contributed by atoms with Gasteiger partial charge in [-0.05, 0) is 30.7 Å². The second kappa shape index (κ2) is 6.33. The predicted octanol–water partition coefficient (Wildman–Crippen LogP) is 1.84. The molecule has 0 amide bonds. The van der Waals surface area contributed by atoms with Gasteiger partial charge in [-0.25, -0.2) is 14.5 Å². The second-order valence-electron chi connectivity index (χ2n) is 6.80.